The van der Waals surface area contributed by atoms with Crippen LogP contribution < -0.4 is 5.32 Å². The minimum atomic E-state index is -0.840. The van der Waals surface area contributed by atoms with Crippen molar-refractivity contribution in [1.29, 1.82) is 0 Å². The molecule has 0 aromatic carbocycles. The Morgan fingerprint density at radius 3 is 0.986 bits per heavy atom. The maximum Gasteiger partial charge on any atom is 0.305 e. The van der Waals surface area contributed by atoms with Crippen molar-refractivity contribution in [3.63, 3.8) is 0 Å². The Morgan fingerprint density at radius 1 is 0.391 bits per heavy atom. The molecule has 0 aliphatic carbocycles. The van der Waals surface area contributed by atoms with Crippen molar-refractivity contribution in [2.24, 2.45) is 0 Å². The molecule has 69 heavy (non-hydrogen) atoms. The van der Waals surface area contributed by atoms with E-state index in [1.807, 2.05) is 6.08 Å². The number of allylic oxidation sites excluding steroid dienone is 1. The van der Waals surface area contributed by atoms with Crippen LogP contribution in [0.1, 0.15) is 354 Å². The van der Waals surface area contributed by atoms with Crippen LogP contribution in [0.15, 0.2) is 12.2 Å². The van der Waals surface area contributed by atoms with E-state index in [1.165, 1.54) is 289 Å². The molecule has 0 rings (SSSR count). The molecule has 0 spiro atoms. The maximum atomic E-state index is 12.4. The summed E-state index contributed by atoms with van der Waals surface area (Å²) in [6.45, 7) is 4.92. The van der Waals surface area contributed by atoms with Crippen molar-refractivity contribution in [1.82, 2.24) is 5.32 Å². The van der Waals surface area contributed by atoms with Crippen LogP contribution in [0.2, 0.25) is 0 Å². The first kappa shape index (κ1) is 67.6. The number of carbonyl (C=O) groups excluding carboxylic acids is 2. The number of aliphatic hydroxyl groups is 2. The third-order valence-electron chi connectivity index (χ3n) is 14.8. The minimum Gasteiger partial charge on any atom is -0.466 e. The van der Waals surface area contributed by atoms with Crippen LogP contribution in [-0.2, 0) is 14.3 Å². The summed E-state index contributed by atoms with van der Waals surface area (Å²) in [6, 6.07) is -0.623. The second kappa shape index (κ2) is 59.2. The first-order valence-electron chi connectivity index (χ1n) is 31.5. The van der Waals surface area contributed by atoms with Crippen molar-refractivity contribution in [2.45, 2.75) is 366 Å². The Bertz CT molecular complexity index is 1030. The number of aliphatic hydroxyl groups excluding tert-OH is 2. The summed E-state index contributed by atoms with van der Waals surface area (Å²) in [5, 5.41) is 23.1. The third kappa shape index (κ3) is 55.8. The van der Waals surface area contributed by atoms with Crippen molar-refractivity contribution in [3.05, 3.63) is 12.2 Å². The summed E-state index contributed by atoms with van der Waals surface area (Å²) in [7, 11) is 0. The van der Waals surface area contributed by atoms with Crippen LogP contribution in [0.5, 0.6) is 0 Å². The highest BCUT2D eigenvalue weighted by Gasteiger charge is 2.18. The van der Waals surface area contributed by atoms with Crippen LogP contribution >= 0.6 is 0 Å². The second-order valence-corrected chi connectivity index (χ2v) is 21.8. The van der Waals surface area contributed by atoms with Gasteiger partial charge < -0.3 is 20.3 Å². The van der Waals surface area contributed by atoms with Gasteiger partial charge in [0.2, 0.25) is 5.91 Å². The fourth-order valence-corrected chi connectivity index (χ4v) is 9.99. The number of carbonyl (C=O) groups is 2. The number of esters is 1. The third-order valence-corrected chi connectivity index (χ3v) is 14.8. The molecule has 3 N–H and O–H groups in total. The van der Waals surface area contributed by atoms with Crippen LogP contribution in [0.25, 0.3) is 0 Å². The van der Waals surface area contributed by atoms with Gasteiger partial charge in [0.15, 0.2) is 0 Å². The van der Waals surface area contributed by atoms with Gasteiger partial charge in [0.05, 0.1) is 25.4 Å². The van der Waals surface area contributed by atoms with E-state index in [-0.39, 0.29) is 18.5 Å². The summed E-state index contributed by atoms with van der Waals surface area (Å²) < 4.78 is 5.48. The lowest BCUT2D eigenvalue weighted by atomic mass is 10.0. The lowest BCUT2D eigenvalue weighted by Crippen LogP contribution is -2.45. The number of ether oxygens (including phenoxy) is 1. The number of amides is 1. The van der Waals surface area contributed by atoms with Crippen molar-refractivity contribution >= 4 is 11.9 Å². The highest BCUT2D eigenvalue weighted by atomic mass is 16.5. The summed E-state index contributed by atoms with van der Waals surface area (Å²) in [5.41, 5.74) is 0. The van der Waals surface area contributed by atoms with Gasteiger partial charge >= 0.3 is 5.97 Å². The zero-order valence-electron chi connectivity index (χ0n) is 46.8. The molecule has 6 heteroatoms. The minimum absolute atomic E-state index is 0.0197. The van der Waals surface area contributed by atoms with Crippen molar-refractivity contribution < 1.29 is 24.5 Å². The molecule has 0 aromatic heterocycles. The molecule has 6 nitrogen and oxygen atoms in total. The highest BCUT2D eigenvalue weighted by Crippen LogP contribution is 2.18. The Morgan fingerprint density at radius 2 is 0.667 bits per heavy atom. The molecule has 410 valence electrons. The van der Waals surface area contributed by atoms with E-state index in [1.54, 1.807) is 6.08 Å². The predicted molar refractivity (Wildman–Crippen MR) is 301 cm³/mol. The molecule has 0 bridgehead atoms. The lowest BCUT2D eigenvalue weighted by molar-refractivity contribution is -0.143. The van der Waals surface area contributed by atoms with E-state index >= 15 is 0 Å². The van der Waals surface area contributed by atoms with Gasteiger partial charge in [-0.25, -0.2) is 0 Å². The van der Waals surface area contributed by atoms with Gasteiger partial charge in [-0.1, -0.05) is 321 Å². The fraction of sp³-hybridized carbons (Fsp3) is 0.937. The van der Waals surface area contributed by atoms with Crippen LogP contribution in [-0.4, -0.2) is 47.4 Å². The number of hydrogen-bond donors (Lipinski definition) is 3. The van der Waals surface area contributed by atoms with E-state index in [9.17, 15) is 19.8 Å². The average molecular weight is 975 g/mol. The lowest BCUT2D eigenvalue weighted by Gasteiger charge is -2.20. The Labute approximate surface area is 431 Å². The molecular weight excluding hydrogens is 851 g/mol. The van der Waals surface area contributed by atoms with Gasteiger partial charge in [0.25, 0.3) is 0 Å². The van der Waals surface area contributed by atoms with Gasteiger partial charge in [0.1, 0.15) is 0 Å². The first-order chi connectivity index (χ1) is 34.0. The smallest absolute Gasteiger partial charge is 0.305 e. The summed E-state index contributed by atoms with van der Waals surface area (Å²) in [4.78, 5) is 24.5. The molecule has 0 heterocycles. The van der Waals surface area contributed by atoms with E-state index in [2.05, 4.69) is 19.2 Å². The zero-order chi connectivity index (χ0) is 50.0. The Balaban J connectivity index is 3.34. The van der Waals surface area contributed by atoms with Gasteiger partial charge in [0, 0.05) is 12.8 Å². The summed E-state index contributed by atoms with van der Waals surface area (Å²) >= 11 is 0. The average Bonchev–Trinajstić information content (AvgIpc) is 3.35. The van der Waals surface area contributed by atoms with E-state index < -0.39 is 12.1 Å². The maximum absolute atomic E-state index is 12.4. The quantitative estimate of drug-likeness (QED) is 0.0321. The molecule has 0 aliphatic heterocycles. The molecule has 0 saturated heterocycles. The molecular formula is C63H123NO5. The first-order valence-corrected chi connectivity index (χ1v) is 31.5. The van der Waals surface area contributed by atoms with Crippen molar-refractivity contribution in [3.8, 4) is 0 Å². The molecule has 0 fully saturated rings. The summed E-state index contributed by atoms with van der Waals surface area (Å²) in [5.74, 6) is -0.0446. The van der Waals surface area contributed by atoms with E-state index in [0.717, 1.165) is 38.5 Å². The molecule has 0 radical (unpaired) electrons. The van der Waals surface area contributed by atoms with Gasteiger partial charge in [-0.2, -0.15) is 0 Å². The van der Waals surface area contributed by atoms with Gasteiger partial charge in [-0.05, 0) is 32.1 Å². The molecule has 2 atom stereocenters. The number of rotatable bonds is 59. The second-order valence-electron chi connectivity index (χ2n) is 21.8. The Kier molecular flexibility index (Phi) is 58.0. The van der Waals surface area contributed by atoms with Crippen LogP contribution in [0.4, 0.5) is 0 Å². The van der Waals surface area contributed by atoms with Gasteiger partial charge in [-0.15, -0.1) is 0 Å². The molecule has 0 aliphatic rings. The number of nitrogens with one attached hydrogen (secondary N) is 1. The van der Waals surface area contributed by atoms with E-state index in [0.29, 0.717) is 19.4 Å². The normalized spacial score (nSPS) is 12.6. The summed E-state index contributed by atoms with van der Waals surface area (Å²) in [6.07, 6.45) is 71.2. The van der Waals surface area contributed by atoms with E-state index in [4.69, 9.17) is 4.74 Å². The largest absolute Gasteiger partial charge is 0.466 e. The molecule has 0 saturated carbocycles. The van der Waals surface area contributed by atoms with Gasteiger partial charge in [-0.3, -0.25) is 9.59 Å². The SMILES string of the molecule is CCCCCCCCCCCC/C=C/C(O)C(CO)NC(=O)CCCCCCCCCCCCCCCCCCCCCCCCCCCCCOC(=O)CCCCCCCCCCCCCCC. The zero-order valence-corrected chi connectivity index (χ0v) is 46.8. The van der Waals surface area contributed by atoms with Crippen molar-refractivity contribution in [2.75, 3.05) is 13.2 Å². The topological polar surface area (TPSA) is 95.9 Å². The molecule has 0 aromatic rings. The highest BCUT2D eigenvalue weighted by molar-refractivity contribution is 5.76. The van der Waals surface area contributed by atoms with Crippen LogP contribution in [0, 0.1) is 0 Å². The number of unbranched alkanes of at least 4 members (excludes halogenated alkanes) is 48. The standard InChI is InChI=1S/C63H123NO5/c1-3-5-7-9-11-13-15-32-37-41-45-49-53-57-63(68)69-58-54-50-46-42-38-34-31-29-27-25-23-21-19-17-18-20-22-24-26-28-30-33-36-40-44-48-52-56-62(67)64-60(59-65)61(66)55-51-47-43-39-35-16-14-12-10-8-6-4-2/h51,55,60-61,65-66H,3-50,52-54,56-59H2,1-2H3,(H,64,67)/b55-51+. The fourth-order valence-electron chi connectivity index (χ4n) is 9.99. The predicted octanol–water partition coefficient (Wildman–Crippen LogP) is 19.6. The number of hydrogen-bond acceptors (Lipinski definition) is 5. The molecule has 1 amide bonds. The monoisotopic (exact) mass is 974 g/mol. The Hall–Kier alpha value is -1.40. The molecule has 2 unspecified atom stereocenters. The van der Waals surface area contributed by atoms with Crippen LogP contribution in [0.3, 0.4) is 0 Å².